The maximum Gasteiger partial charge on any atom is 0.344 e. The van der Waals surface area contributed by atoms with Gasteiger partial charge in [0.25, 0.3) is 0 Å². The number of esters is 1. The third kappa shape index (κ3) is 2.34. The number of carbonyl (C=O) groups is 1. The van der Waals surface area contributed by atoms with Gasteiger partial charge in [-0.25, -0.2) is 4.79 Å². The molecule has 0 aliphatic carbocycles. The van der Waals surface area contributed by atoms with Crippen LogP contribution in [0.15, 0.2) is 35.1 Å². The average Bonchev–Trinajstić information content (AvgIpc) is 2.97. The van der Waals surface area contributed by atoms with Crippen LogP contribution >= 0.6 is 0 Å². The van der Waals surface area contributed by atoms with Crippen LogP contribution < -0.4 is 5.56 Å². The number of hydrogen-bond acceptors (Lipinski definition) is 6. The standard InChI is InChI=1S/C15H11N5O3/c1-2-23-15(22)11-12(9-6-4-3-5-7-9)19-20-13(11)18-17-10(8-16)14(20)21/h3-7,19H,2H2,1H3. The van der Waals surface area contributed by atoms with Gasteiger partial charge in [0.15, 0.2) is 5.65 Å². The summed E-state index contributed by atoms with van der Waals surface area (Å²) < 4.78 is 6.07. The second kappa shape index (κ2) is 5.73. The minimum atomic E-state index is -0.676. The quantitative estimate of drug-likeness (QED) is 0.726. The van der Waals surface area contributed by atoms with Crippen molar-refractivity contribution in [2.75, 3.05) is 6.61 Å². The zero-order valence-electron chi connectivity index (χ0n) is 12.1. The molecular weight excluding hydrogens is 298 g/mol. The Kier molecular flexibility index (Phi) is 3.60. The first-order valence-corrected chi connectivity index (χ1v) is 6.81. The Hall–Kier alpha value is -3.47. The van der Waals surface area contributed by atoms with Gasteiger partial charge >= 0.3 is 11.5 Å². The van der Waals surface area contributed by atoms with Gasteiger partial charge < -0.3 is 4.74 Å². The van der Waals surface area contributed by atoms with E-state index in [1.165, 1.54) is 0 Å². The van der Waals surface area contributed by atoms with Gasteiger partial charge in [-0.2, -0.15) is 9.78 Å². The molecule has 3 aromatic rings. The maximum absolute atomic E-state index is 12.3. The Morgan fingerprint density at radius 1 is 1.35 bits per heavy atom. The van der Waals surface area contributed by atoms with E-state index in [4.69, 9.17) is 10.00 Å². The first-order valence-electron chi connectivity index (χ1n) is 6.81. The number of H-pyrrole nitrogens is 1. The number of carbonyl (C=O) groups excluding carboxylic acids is 1. The van der Waals surface area contributed by atoms with Gasteiger partial charge in [-0.3, -0.25) is 9.89 Å². The molecule has 1 N–H and O–H groups in total. The van der Waals surface area contributed by atoms with E-state index in [9.17, 15) is 9.59 Å². The average molecular weight is 309 g/mol. The predicted octanol–water partition coefficient (Wildman–Crippen LogP) is 1.13. The highest BCUT2D eigenvalue weighted by atomic mass is 16.5. The highest BCUT2D eigenvalue weighted by molar-refractivity contribution is 6.02. The van der Waals surface area contributed by atoms with Crippen molar-refractivity contribution in [3.63, 3.8) is 0 Å². The van der Waals surface area contributed by atoms with Gasteiger partial charge in [0, 0.05) is 5.56 Å². The highest BCUT2D eigenvalue weighted by Crippen LogP contribution is 2.25. The van der Waals surface area contributed by atoms with E-state index >= 15 is 0 Å². The molecule has 0 bridgehead atoms. The van der Waals surface area contributed by atoms with Crippen molar-refractivity contribution in [3.8, 4) is 17.3 Å². The summed E-state index contributed by atoms with van der Waals surface area (Å²) in [6.45, 7) is 1.86. The molecule has 0 saturated heterocycles. The minimum Gasteiger partial charge on any atom is -0.462 e. The van der Waals surface area contributed by atoms with Crippen molar-refractivity contribution in [1.29, 1.82) is 5.26 Å². The van der Waals surface area contributed by atoms with Crippen LogP contribution in [0.4, 0.5) is 0 Å². The van der Waals surface area contributed by atoms with Crippen LogP contribution in [-0.2, 0) is 4.74 Å². The lowest BCUT2D eigenvalue weighted by molar-refractivity contribution is 0.0529. The van der Waals surface area contributed by atoms with Crippen LogP contribution in [-0.4, -0.2) is 32.4 Å². The Balaban J connectivity index is 2.37. The van der Waals surface area contributed by atoms with Crippen molar-refractivity contribution < 1.29 is 9.53 Å². The van der Waals surface area contributed by atoms with Gasteiger partial charge in [-0.15, -0.1) is 10.2 Å². The van der Waals surface area contributed by atoms with Gasteiger partial charge in [-0.1, -0.05) is 30.3 Å². The number of fused-ring (bicyclic) bond motifs is 1. The van der Waals surface area contributed by atoms with Crippen LogP contribution in [0.1, 0.15) is 23.0 Å². The zero-order chi connectivity index (χ0) is 16.4. The molecule has 3 rings (SSSR count). The van der Waals surface area contributed by atoms with E-state index in [1.54, 1.807) is 37.3 Å². The largest absolute Gasteiger partial charge is 0.462 e. The fourth-order valence-corrected chi connectivity index (χ4v) is 2.21. The molecule has 1 aromatic carbocycles. The summed E-state index contributed by atoms with van der Waals surface area (Å²) in [5, 5.41) is 19.1. The third-order valence-corrected chi connectivity index (χ3v) is 3.21. The SMILES string of the molecule is CCOC(=O)c1c(-c2ccccc2)[nH]n2c(=O)c(C#N)nnc12. The predicted molar refractivity (Wildman–Crippen MR) is 79.7 cm³/mol. The normalized spacial score (nSPS) is 10.4. The number of aromatic amines is 1. The van der Waals surface area contributed by atoms with Gasteiger partial charge in [0.1, 0.15) is 11.6 Å². The summed E-state index contributed by atoms with van der Waals surface area (Å²) in [7, 11) is 0. The van der Waals surface area contributed by atoms with Gasteiger partial charge in [-0.05, 0) is 6.92 Å². The molecule has 0 aliphatic rings. The van der Waals surface area contributed by atoms with Gasteiger partial charge in [0.05, 0.1) is 12.3 Å². The summed E-state index contributed by atoms with van der Waals surface area (Å²) in [5.41, 5.74) is 0.145. The first-order chi connectivity index (χ1) is 11.2. The van der Waals surface area contributed by atoms with E-state index in [-0.39, 0.29) is 23.5 Å². The molecule has 23 heavy (non-hydrogen) atoms. The Morgan fingerprint density at radius 2 is 2.09 bits per heavy atom. The molecule has 0 fully saturated rings. The lowest BCUT2D eigenvalue weighted by Gasteiger charge is -2.03. The topological polar surface area (TPSA) is 113 Å². The molecular formula is C15H11N5O3. The summed E-state index contributed by atoms with van der Waals surface area (Å²) in [6, 6.07) is 10.6. The second-order valence-electron chi connectivity index (χ2n) is 4.57. The summed E-state index contributed by atoms with van der Waals surface area (Å²) in [4.78, 5) is 24.5. The van der Waals surface area contributed by atoms with Crippen LogP contribution in [0.25, 0.3) is 16.9 Å². The van der Waals surface area contributed by atoms with Gasteiger partial charge in [0.2, 0.25) is 5.69 Å². The number of aromatic nitrogens is 4. The number of rotatable bonds is 3. The molecule has 0 unspecified atom stereocenters. The van der Waals surface area contributed by atoms with Crippen LogP contribution in [0.2, 0.25) is 0 Å². The maximum atomic E-state index is 12.3. The highest BCUT2D eigenvalue weighted by Gasteiger charge is 2.24. The Bertz CT molecular complexity index is 982. The molecule has 0 amide bonds. The molecule has 114 valence electrons. The zero-order valence-corrected chi connectivity index (χ0v) is 12.1. The molecule has 2 heterocycles. The molecule has 2 aromatic heterocycles. The number of benzene rings is 1. The number of nitrogens with zero attached hydrogens (tertiary/aromatic N) is 4. The number of ether oxygens (including phenoxy) is 1. The molecule has 0 radical (unpaired) electrons. The van der Waals surface area contributed by atoms with E-state index in [2.05, 4.69) is 15.3 Å². The number of nitrogens with one attached hydrogen (secondary N) is 1. The first kappa shape index (κ1) is 14.5. The van der Waals surface area contributed by atoms with Crippen molar-refractivity contribution in [2.45, 2.75) is 6.92 Å². The smallest absolute Gasteiger partial charge is 0.344 e. The summed E-state index contributed by atoms with van der Waals surface area (Å²) in [6.07, 6.45) is 0. The molecule has 0 saturated carbocycles. The van der Waals surface area contributed by atoms with Crippen LogP contribution in [0, 0.1) is 11.3 Å². The molecule has 8 nitrogen and oxygen atoms in total. The Morgan fingerprint density at radius 3 is 2.74 bits per heavy atom. The van der Waals surface area contributed by atoms with E-state index in [0.717, 1.165) is 4.52 Å². The monoisotopic (exact) mass is 309 g/mol. The Labute approximate surface area is 129 Å². The summed E-state index contributed by atoms with van der Waals surface area (Å²) >= 11 is 0. The molecule has 0 atom stereocenters. The van der Waals surface area contributed by atoms with Crippen molar-refractivity contribution in [2.24, 2.45) is 0 Å². The number of nitriles is 1. The lowest BCUT2D eigenvalue weighted by atomic mass is 10.1. The van der Waals surface area contributed by atoms with Crippen molar-refractivity contribution in [1.82, 2.24) is 19.8 Å². The third-order valence-electron chi connectivity index (χ3n) is 3.21. The van der Waals surface area contributed by atoms with Crippen molar-refractivity contribution >= 4 is 11.6 Å². The van der Waals surface area contributed by atoms with E-state index < -0.39 is 11.5 Å². The molecule has 0 aliphatic heterocycles. The fourth-order valence-electron chi connectivity index (χ4n) is 2.21. The molecule has 8 heteroatoms. The van der Waals surface area contributed by atoms with Crippen LogP contribution in [0.3, 0.4) is 0 Å². The van der Waals surface area contributed by atoms with Crippen molar-refractivity contribution in [3.05, 3.63) is 51.9 Å². The van der Waals surface area contributed by atoms with E-state index in [0.29, 0.717) is 11.3 Å². The van der Waals surface area contributed by atoms with Crippen LogP contribution in [0.5, 0.6) is 0 Å². The number of hydrogen-bond donors (Lipinski definition) is 1. The molecule has 0 spiro atoms. The summed E-state index contributed by atoms with van der Waals surface area (Å²) in [5.74, 6) is -0.622. The van der Waals surface area contributed by atoms with E-state index in [1.807, 2.05) is 6.07 Å². The second-order valence-corrected chi connectivity index (χ2v) is 4.57. The fraction of sp³-hybridized carbons (Fsp3) is 0.133. The minimum absolute atomic E-state index is 0.0197. The lowest BCUT2D eigenvalue weighted by Crippen LogP contribution is -2.20.